The Labute approximate surface area is 213 Å². The first kappa shape index (κ1) is 24.5. The Bertz CT molecular complexity index is 1500. The van der Waals surface area contributed by atoms with Gasteiger partial charge in [-0.15, -0.1) is 0 Å². The summed E-state index contributed by atoms with van der Waals surface area (Å²) in [6.07, 6.45) is 1.45. The van der Waals surface area contributed by atoms with Gasteiger partial charge in [0.1, 0.15) is 11.6 Å². The summed E-state index contributed by atoms with van der Waals surface area (Å²) in [6.45, 7) is 2.12. The van der Waals surface area contributed by atoms with Crippen LogP contribution in [-0.4, -0.2) is 18.5 Å². The first-order valence-corrected chi connectivity index (χ1v) is 11.5. The normalized spacial score (nSPS) is 11.0. The third kappa shape index (κ3) is 5.72. The maximum absolute atomic E-state index is 12.9. The molecule has 0 aliphatic carbocycles. The average molecular weight is 497 g/mol. The largest absolute Gasteiger partial charge is 0.490 e. The summed E-state index contributed by atoms with van der Waals surface area (Å²) >= 11 is 5.88. The second kappa shape index (κ2) is 11.2. The number of benzene rings is 4. The molecule has 0 radical (unpaired) electrons. The number of anilines is 1. The fourth-order valence-corrected chi connectivity index (χ4v) is 3.68. The van der Waals surface area contributed by atoms with Crippen molar-refractivity contribution < 1.29 is 19.1 Å². The number of carbonyl (C=O) groups is 2. The highest BCUT2D eigenvalue weighted by molar-refractivity contribution is 6.30. The molecular weight excluding hydrogens is 476 g/mol. The molecule has 0 heterocycles. The van der Waals surface area contributed by atoms with Crippen molar-refractivity contribution in [2.75, 3.05) is 11.9 Å². The molecule has 4 rings (SSSR count). The fraction of sp³-hybridized carbons (Fsp3) is 0.0690. The van der Waals surface area contributed by atoms with Crippen LogP contribution in [0.3, 0.4) is 0 Å². The Balaban J connectivity index is 1.57. The number of halogens is 1. The molecule has 0 unspecified atom stereocenters. The first-order chi connectivity index (χ1) is 17.5. The molecule has 0 atom stereocenters. The van der Waals surface area contributed by atoms with E-state index in [1.165, 1.54) is 6.08 Å². The lowest BCUT2D eigenvalue weighted by Crippen LogP contribution is -2.13. The lowest BCUT2D eigenvalue weighted by atomic mass is 10.1. The van der Waals surface area contributed by atoms with Crippen molar-refractivity contribution in [3.8, 4) is 17.6 Å². The topological polar surface area (TPSA) is 88.4 Å². The van der Waals surface area contributed by atoms with Crippen molar-refractivity contribution in [1.29, 1.82) is 5.26 Å². The van der Waals surface area contributed by atoms with Crippen LogP contribution in [0, 0.1) is 11.3 Å². The van der Waals surface area contributed by atoms with E-state index in [0.29, 0.717) is 34.2 Å². The van der Waals surface area contributed by atoms with Crippen molar-refractivity contribution in [3.63, 3.8) is 0 Å². The standard InChI is InChI=1S/C29H21ClN2O4/c1-2-35-27-17-19(10-15-26(27)36-29(34)21-11-13-23(30)14-12-21)16-22(18-31)28(33)32-25-9-5-7-20-6-3-4-8-24(20)25/h3-17H,2H2,1H3,(H,32,33)/b22-16+. The smallest absolute Gasteiger partial charge is 0.343 e. The highest BCUT2D eigenvalue weighted by Gasteiger charge is 2.15. The zero-order valence-corrected chi connectivity index (χ0v) is 20.1. The van der Waals surface area contributed by atoms with Gasteiger partial charge in [-0.1, -0.05) is 54.1 Å². The van der Waals surface area contributed by atoms with Crippen LogP contribution in [0.15, 0.2) is 90.5 Å². The van der Waals surface area contributed by atoms with E-state index in [9.17, 15) is 14.9 Å². The Morgan fingerprint density at radius 2 is 1.72 bits per heavy atom. The van der Waals surface area contributed by atoms with E-state index >= 15 is 0 Å². The van der Waals surface area contributed by atoms with Gasteiger partial charge in [-0.05, 0) is 66.4 Å². The van der Waals surface area contributed by atoms with Gasteiger partial charge in [-0.25, -0.2) is 4.79 Å². The molecule has 0 aliphatic heterocycles. The molecule has 0 fully saturated rings. The van der Waals surface area contributed by atoms with Crippen LogP contribution < -0.4 is 14.8 Å². The van der Waals surface area contributed by atoms with Crippen LogP contribution in [-0.2, 0) is 4.79 Å². The Kier molecular flexibility index (Phi) is 7.64. The predicted molar refractivity (Wildman–Crippen MR) is 140 cm³/mol. The van der Waals surface area contributed by atoms with Gasteiger partial charge >= 0.3 is 5.97 Å². The zero-order valence-electron chi connectivity index (χ0n) is 19.3. The molecule has 4 aromatic carbocycles. The van der Waals surface area contributed by atoms with Crippen molar-refractivity contribution >= 4 is 46.0 Å². The monoisotopic (exact) mass is 496 g/mol. The SMILES string of the molecule is CCOc1cc(/C=C(\C#N)C(=O)Nc2cccc3ccccc23)ccc1OC(=O)c1ccc(Cl)cc1. The summed E-state index contributed by atoms with van der Waals surface area (Å²) in [5.74, 6) is -0.582. The van der Waals surface area contributed by atoms with Crippen molar-refractivity contribution in [2.45, 2.75) is 6.92 Å². The van der Waals surface area contributed by atoms with Crippen LogP contribution in [0.1, 0.15) is 22.8 Å². The zero-order chi connectivity index (χ0) is 25.5. The summed E-state index contributed by atoms with van der Waals surface area (Å²) in [4.78, 5) is 25.4. The maximum atomic E-state index is 12.9. The van der Waals surface area contributed by atoms with Crippen molar-refractivity contribution in [3.05, 3.63) is 107 Å². The van der Waals surface area contributed by atoms with Gasteiger partial charge in [0, 0.05) is 16.1 Å². The Morgan fingerprint density at radius 3 is 2.47 bits per heavy atom. The molecule has 0 aromatic heterocycles. The number of nitriles is 1. The van der Waals surface area contributed by atoms with Gasteiger partial charge in [0.05, 0.1) is 12.2 Å². The molecule has 7 heteroatoms. The number of nitrogens with one attached hydrogen (secondary N) is 1. The average Bonchev–Trinajstić information content (AvgIpc) is 2.89. The quantitative estimate of drug-likeness (QED) is 0.134. The third-order valence-electron chi connectivity index (χ3n) is 5.26. The molecular formula is C29H21ClN2O4. The van der Waals surface area contributed by atoms with Gasteiger partial charge in [0.25, 0.3) is 5.91 Å². The molecule has 0 bridgehead atoms. The molecule has 4 aromatic rings. The molecule has 36 heavy (non-hydrogen) atoms. The van der Waals surface area contributed by atoms with Gasteiger partial charge in [0.15, 0.2) is 11.5 Å². The van der Waals surface area contributed by atoms with Crippen molar-refractivity contribution in [2.24, 2.45) is 0 Å². The number of fused-ring (bicyclic) bond motifs is 1. The number of amides is 1. The van der Waals surface area contributed by atoms with E-state index in [2.05, 4.69) is 5.32 Å². The van der Waals surface area contributed by atoms with E-state index in [1.54, 1.807) is 55.5 Å². The summed E-state index contributed by atoms with van der Waals surface area (Å²) in [7, 11) is 0. The number of hydrogen-bond donors (Lipinski definition) is 1. The van der Waals surface area contributed by atoms with E-state index in [0.717, 1.165) is 10.8 Å². The molecule has 0 saturated heterocycles. The highest BCUT2D eigenvalue weighted by atomic mass is 35.5. The minimum Gasteiger partial charge on any atom is -0.490 e. The number of esters is 1. The van der Waals surface area contributed by atoms with E-state index in [1.807, 2.05) is 42.5 Å². The molecule has 0 aliphatic rings. The van der Waals surface area contributed by atoms with Crippen molar-refractivity contribution in [1.82, 2.24) is 0 Å². The van der Waals surface area contributed by atoms with Gasteiger partial charge in [-0.2, -0.15) is 5.26 Å². The summed E-state index contributed by atoms with van der Waals surface area (Å²) in [5.41, 5.74) is 1.40. The van der Waals surface area contributed by atoms with Crippen LogP contribution >= 0.6 is 11.6 Å². The lowest BCUT2D eigenvalue weighted by Gasteiger charge is -2.12. The van der Waals surface area contributed by atoms with E-state index in [-0.39, 0.29) is 11.3 Å². The number of nitrogens with zero attached hydrogens (tertiary/aromatic N) is 1. The molecule has 178 valence electrons. The highest BCUT2D eigenvalue weighted by Crippen LogP contribution is 2.31. The van der Waals surface area contributed by atoms with Gasteiger partial charge in [0.2, 0.25) is 0 Å². The Morgan fingerprint density at radius 1 is 0.972 bits per heavy atom. The van der Waals surface area contributed by atoms with Crippen LogP contribution in [0.4, 0.5) is 5.69 Å². The molecule has 1 N–H and O–H groups in total. The lowest BCUT2D eigenvalue weighted by molar-refractivity contribution is -0.112. The summed E-state index contributed by atoms with van der Waals surface area (Å²) < 4.78 is 11.1. The molecule has 1 amide bonds. The predicted octanol–water partition coefficient (Wildman–Crippen LogP) is 6.66. The fourth-order valence-electron chi connectivity index (χ4n) is 3.55. The second-order valence-electron chi connectivity index (χ2n) is 7.69. The number of ether oxygens (including phenoxy) is 2. The summed E-state index contributed by atoms with van der Waals surface area (Å²) in [5, 5.41) is 14.8. The Hall–Kier alpha value is -4.60. The van der Waals surface area contributed by atoms with Gasteiger partial charge in [-0.3, -0.25) is 4.79 Å². The van der Waals surface area contributed by atoms with Gasteiger partial charge < -0.3 is 14.8 Å². The van der Waals surface area contributed by atoms with Crippen LogP contribution in [0.2, 0.25) is 5.02 Å². The third-order valence-corrected chi connectivity index (χ3v) is 5.52. The molecule has 0 saturated carbocycles. The first-order valence-electron chi connectivity index (χ1n) is 11.1. The summed E-state index contributed by atoms with van der Waals surface area (Å²) in [6, 6.07) is 26.3. The second-order valence-corrected chi connectivity index (χ2v) is 8.12. The van der Waals surface area contributed by atoms with Crippen LogP contribution in [0.5, 0.6) is 11.5 Å². The number of carbonyl (C=O) groups excluding carboxylic acids is 2. The minimum absolute atomic E-state index is 0.0868. The molecule has 0 spiro atoms. The molecule has 6 nitrogen and oxygen atoms in total. The van der Waals surface area contributed by atoms with E-state index in [4.69, 9.17) is 21.1 Å². The maximum Gasteiger partial charge on any atom is 0.343 e. The van der Waals surface area contributed by atoms with Crippen LogP contribution in [0.25, 0.3) is 16.8 Å². The number of rotatable bonds is 7. The van der Waals surface area contributed by atoms with E-state index < -0.39 is 11.9 Å². The number of hydrogen-bond acceptors (Lipinski definition) is 5. The minimum atomic E-state index is -0.567.